The van der Waals surface area contributed by atoms with Crippen LogP contribution in [0, 0.1) is 0 Å². The molecule has 1 amide bonds. The zero-order valence-electron chi connectivity index (χ0n) is 14.1. The van der Waals surface area contributed by atoms with Crippen LogP contribution in [0.1, 0.15) is 10.4 Å². The highest BCUT2D eigenvalue weighted by atomic mass is 16.5. The molecule has 6 nitrogen and oxygen atoms in total. The monoisotopic (exact) mass is 334 g/mol. The van der Waals surface area contributed by atoms with E-state index in [2.05, 4.69) is 0 Å². The number of fused-ring (bicyclic) bond motifs is 2. The number of hydrogen-bond acceptors (Lipinski definition) is 5. The van der Waals surface area contributed by atoms with Gasteiger partial charge >= 0.3 is 0 Å². The van der Waals surface area contributed by atoms with Crippen molar-refractivity contribution in [2.45, 2.75) is 0 Å². The molecule has 0 bridgehead atoms. The van der Waals surface area contributed by atoms with Gasteiger partial charge in [0, 0.05) is 20.1 Å². The Hall–Kier alpha value is -3.15. The van der Waals surface area contributed by atoms with E-state index in [-0.39, 0.29) is 5.91 Å². The Bertz CT molecular complexity index is 957. The fourth-order valence-electron chi connectivity index (χ4n) is 3.04. The number of carbonyl (C=O) groups is 1. The van der Waals surface area contributed by atoms with Gasteiger partial charge in [0.1, 0.15) is 5.75 Å². The summed E-state index contributed by atoms with van der Waals surface area (Å²) in [6.07, 6.45) is 0. The van der Waals surface area contributed by atoms with Gasteiger partial charge in [0.05, 0.1) is 23.7 Å². The number of hydrogen-bond donors (Lipinski definition) is 0. The molecular weight excluding hydrogens is 316 g/mol. The van der Waals surface area contributed by atoms with Gasteiger partial charge in [0.2, 0.25) is 0 Å². The molecule has 0 spiro atoms. The van der Waals surface area contributed by atoms with E-state index in [0.29, 0.717) is 36.0 Å². The van der Waals surface area contributed by atoms with E-state index < -0.39 is 0 Å². The Morgan fingerprint density at radius 2 is 1.60 bits per heavy atom. The summed E-state index contributed by atoms with van der Waals surface area (Å²) in [5.74, 6) is 1.73. The third kappa shape index (κ3) is 2.55. The molecule has 0 aliphatic carbocycles. The standard InChI is InChI=1S/C19H18N4O2/c1-22-11-12-23(19(24)13-7-3-6-10-16(13)25-2)18-17(22)20-14-8-4-5-9-15(14)21-18/h3-10H,11-12H2,1-2H3. The van der Waals surface area contributed by atoms with Gasteiger partial charge in [-0.2, -0.15) is 0 Å². The van der Waals surface area contributed by atoms with E-state index in [1.807, 2.05) is 48.3 Å². The van der Waals surface area contributed by atoms with Crippen LogP contribution in [0.3, 0.4) is 0 Å². The van der Waals surface area contributed by atoms with Crippen LogP contribution >= 0.6 is 0 Å². The number of nitrogens with zero attached hydrogens (tertiary/aromatic N) is 4. The van der Waals surface area contributed by atoms with Crippen molar-refractivity contribution in [3.63, 3.8) is 0 Å². The predicted octanol–water partition coefficient (Wildman–Crippen LogP) is 2.74. The lowest BCUT2D eigenvalue weighted by molar-refractivity contribution is 0.0983. The molecule has 6 heteroatoms. The number of aromatic nitrogens is 2. The molecule has 1 aliphatic rings. The second-order valence-electron chi connectivity index (χ2n) is 5.94. The lowest BCUT2D eigenvalue weighted by atomic mass is 10.1. The zero-order valence-corrected chi connectivity index (χ0v) is 14.1. The Morgan fingerprint density at radius 1 is 0.960 bits per heavy atom. The summed E-state index contributed by atoms with van der Waals surface area (Å²) in [6.45, 7) is 1.24. The van der Waals surface area contributed by atoms with Gasteiger partial charge in [-0.1, -0.05) is 24.3 Å². The Kier molecular flexibility index (Phi) is 3.72. The van der Waals surface area contributed by atoms with E-state index in [1.54, 1.807) is 24.1 Å². The summed E-state index contributed by atoms with van der Waals surface area (Å²) in [6, 6.07) is 14.9. The molecule has 25 heavy (non-hydrogen) atoms. The van der Waals surface area contributed by atoms with Crippen molar-refractivity contribution < 1.29 is 9.53 Å². The lowest BCUT2D eigenvalue weighted by Crippen LogP contribution is -2.43. The molecule has 0 N–H and O–H groups in total. The zero-order chi connectivity index (χ0) is 17.4. The summed E-state index contributed by atoms with van der Waals surface area (Å²) in [4.78, 5) is 26.3. The summed E-state index contributed by atoms with van der Waals surface area (Å²) in [7, 11) is 3.53. The van der Waals surface area contributed by atoms with E-state index >= 15 is 0 Å². The Labute approximate surface area is 145 Å². The average molecular weight is 334 g/mol. The molecule has 4 rings (SSSR count). The van der Waals surface area contributed by atoms with E-state index in [9.17, 15) is 4.79 Å². The van der Waals surface area contributed by atoms with Crippen molar-refractivity contribution in [3.05, 3.63) is 54.1 Å². The largest absolute Gasteiger partial charge is 0.496 e. The number of para-hydroxylation sites is 3. The third-order valence-electron chi connectivity index (χ3n) is 4.39. The van der Waals surface area contributed by atoms with Crippen LogP contribution in [0.2, 0.25) is 0 Å². The first-order chi connectivity index (χ1) is 12.2. The molecule has 0 saturated heterocycles. The minimum absolute atomic E-state index is 0.128. The predicted molar refractivity (Wildman–Crippen MR) is 97.5 cm³/mol. The minimum atomic E-state index is -0.128. The van der Waals surface area contributed by atoms with Crippen molar-refractivity contribution in [1.82, 2.24) is 9.97 Å². The highest BCUT2D eigenvalue weighted by Crippen LogP contribution is 2.32. The van der Waals surface area contributed by atoms with E-state index in [4.69, 9.17) is 14.7 Å². The number of benzene rings is 2. The molecular formula is C19H18N4O2. The van der Waals surface area contributed by atoms with Gasteiger partial charge in [-0.05, 0) is 24.3 Å². The average Bonchev–Trinajstić information content (AvgIpc) is 2.66. The third-order valence-corrected chi connectivity index (χ3v) is 4.39. The van der Waals surface area contributed by atoms with E-state index in [1.165, 1.54) is 0 Å². The molecule has 0 atom stereocenters. The van der Waals surface area contributed by atoms with Gasteiger partial charge in [0.25, 0.3) is 5.91 Å². The summed E-state index contributed by atoms with van der Waals surface area (Å²) >= 11 is 0. The fraction of sp³-hybridized carbons (Fsp3) is 0.211. The topological polar surface area (TPSA) is 58.6 Å². The van der Waals surface area contributed by atoms with Gasteiger partial charge in [-0.3, -0.25) is 9.69 Å². The van der Waals surface area contributed by atoms with Crippen molar-refractivity contribution in [2.75, 3.05) is 37.0 Å². The number of anilines is 2. The minimum Gasteiger partial charge on any atom is -0.496 e. The number of rotatable bonds is 2. The molecule has 3 aromatic rings. The molecule has 0 unspecified atom stereocenters. The number of carbonyl (C=O) groups excluding carboxylic acids is 1. The molecule has 1 aromatic heterocycles. The highest BCUT2D eigenvalue weighted by molar-refractivity contribution is 6.09. The van der Waals surface area contributed by atoms with Gasteiger partial charge < -0.3 is 9.64 Å². The second-order valence-corrected chi connectivity index (χ2v) is 5.94. The van der Waals surface area contributed by atoms with Gasteiger partial charge in [0.15, 0.2) is 11.6 Å². The summed E-state index contributed by atoms with van der Waals surface area (Å²) in [5.41, 5.74) is 2.12. The molecule has 0 radical (unpaired) electrons. The summed E-state index contributed by atoms with van der Waals surface area (Å²) in [5, 5.41) is 0. The molecule has 126 valence electrons. The molecule has 2 heterocycles. The van der Waals surface area contributed by atoms with Crippen molar-refractivity contribution in [3.8, 4) is 5.75 Å². The van der Waals surface area contributed by atoms with E-state index in [0.717, 1.165) is 11.0 Å². The summed E-state index contributed by atoms with van der Waals surface area (Å²) < 4.78 is 5.34. The fourth-order valence-corrected chi connectivity index (χ4v) is 3.04. The number of likely N-dealkylation sites (N-methyl/N-ethyl adjacent to an activating group) is 1. The maximum Gasteiger partial charge on any atom is 0.263 e. The van der Waals surface area contributed by atoms with Crippen LogP contribution in [0.4, 0.5) is 11.6 Å². The SMILES string of the molecule is COc1ccccc1C(=O)N1CCN(C)c2nc3ccccc3nc21. The number of methoxy groups -OCH3 is 1. The van der Waals surface area contributed by atoms with Crippen LogP contribution in [0.15, 0.2) is 48.5 Å². The van der Waals surface area contributed by atoms with Crippen LogP contribution in [-0.4, -0.2) is 43.1 Å². The number of amides is 1. The molecule has 1 aliphatic heterocycles. The van der Waals surface area contributed by atoms with Crippen LogP contribution in [-0.2, 0) is 0 Å². The Balaban J connectivity index is 1.84. The highest BCUT2D eigenvalue weighted by Gasteiger charge is 2.30. The van der Waals surface area contributed by atoms with Crippen molar-refractivity contribution in [2.24, 2.45) is 0 Å². The molecule has 2 aromatic carbocycles. The van der Waals surface area contributed by atoms with Crippen LogP contribution < -0.4 is 14.5 Å². The van der Waals surface area contributed by atoms with Crippen molar-refractivity contribution in [1.29, 1.82) is 0 Å². The van der Waals surface area contributed by atoms with Crippen LogP contribution in [0.25, 0.3) is 11.0 Å². The molecule has 0 saturated carbocycles. The number of ether oxygens (including phenoxy) is 1. The first-order valence-electron chi connectivity index (χ1n) is 8.12. The maximum absolute atomic E-state index is 13.1. The van der Waals surface area contributed by atoms with Gasteiger partial charge in [-0.15, -0.1) is 0 Å². The first-order valence-corrected chi connectivity index (χ1v) is 8.12. The second kappa shape index (κ2) is 6.05. The quantitative estimate of drug-likeness (QED) is 0.721. The van der Waals surface area contributed by atoms with Crippen LogP contribution in [0.5, 0.6) is 5.75 Å². The lowest BCUT2D eigenvalue weighted by Gasteiger charge is -2.34. The van der Waals surface area contributed by atoms with Crippen molar-refractivity contribution >= 4 is 28.6 Å². The van der Waals surface area contributed by atoms with Gasteiger partial charge in [-0.25, -0.2) is 9.97 Å². The first kappa shape index (κ1) is 15.4. The smallest absolute Gasteiger partial charge is 0.263 e. The Morgan fingerprint density at radius 3 is 2.32 bits per heavy atom. The normalized spacial score (nSPS) is 13.7. The maximum atomic E-state index is 13.1. The molecule has 0 fully saturated rings.